The van der Waals surface area contributed by atoms with Crippen LogP contribution in [0.2, 0.25) is 0 Å². The quantitative estimate of drug-likeness (QED) is 0.541. The number of thioether (sulfide) groups is 1. The molecule has 1 aliphatic heterocycles. The topological polar surface area (TPSA) is 75.6 Å². The van der Waals surface area contributed by atoms with Gasteiger partial charge in [-0.25, -0.2) is 4.79 Å². The van der Waals surface area contributed by atoms with Crippen molar-refractivity contribution in [2.45, 2.75) is 17.2 Å². The predicted octanol–water partition coefficient (Wildman–Crippen LogP) is 5.32. The maximum Gasteiger partial charge on any atom is 0.346 e. The molecule has 2 heterocycles. The van der Waals surface area contributed by atoms with Crippen molar-refractivity contribution >= 4 is 40.7 Å². The first-order valence-electron chi connectivity index (χ1n) is 9.00. The van der Waals surface area contributed by atoms with Crippen LogP contribution in [0.25, 0.3) is 11.1 Å². The predicted molar refractivity (Wildman–Crippen MR) is 117 cm³/mol. The van der Waals surface area contributed by atoms with Gasteiger partial charge in [0.2, 0.25) is 5.91 Å². The van der Waals surface area contributed by atoms with Crippen LogP contribution in [0.5, 0.6) is 5.75 Å². The van der Waals surface area contributed by atoms with E-state index in [0.717, 1.165) is 20.9 Å². The molecule has 5 nitrogen and oxygen atoms in total. The number of methoxy groups -OCH3 is 1. The van der Waals surface area contributed by atoms with E-state index in [1.807, 2.05) is 42.7 Å². The van der Waals surface area contributed by atoms with Crippen molar-refractivity contribution in [3.63, 3.8) is 0 Å². The van der Waals surface area contributed by atoms with E-state index in [0.29, 0.717) is 23.4 Å². The van der Waals surface area contributed by atoms with Crippen molar-refractivity contribution in [2.75, 3.05) is 18.7 Å². The normalized spacial score (nSPS) is 15.5. The van der Waals surface area contributed by atoms with Gasteiger partial charge in [0, 0.05) is 27.7 Å². The minimum Gasteiger partial charge on any atom is -0.497 e. The van der Waals surface area contributed by atoms with E-state index in [-0.39, 0.29) is 16.7 Å². The zero-order valence-electron chi connectivity index (χ0n) is 15.9. The second-order valence-corrected chi connectivity index (χ2v) is 8.59. The van der Waals surface area contributed by atoms with Crippen molar-refractivity contribution in [3.8, 4) is 16.9 Å². The molecule has 0 spiro atoms. The number of rotatable bonds is 5. The second kappa shape index (κ2) is 7.93. The van der Waals surface area contributed by atoms with Crippen molar-refractivity contribution in [3.05, 3.63) is 63.8 Å². The lowest BCUT2D eigenvalue weighted by Crippen LogP contribution is -2.22. The Hall–Kier alpha value is -2.77. The van der Waals surface area contributed by atoms with Gasteiger partial charge < -0.3 is 15.2 Å². The lowest BCUT2D eigenvalue weighted by molar-refractivity contribution is -0.116. The van der Waals surface area contributed by atoms with Crippen LogP contribution in [-0.4, -0.2) is 30.3 Å². The van der Waals surface area contributed by atoms with Gasteiger partial charge in [0.25, 0.3) is 0 Å². The molecule has 29 heavy (non-hydrogen) atoms. The van der Waals surface area contributed by atoms with Gasteiger partial charge in [0.15, 0.2) is 0 Å². The monoisotopic (exact) mass is 425 g/mol. The smallest absolute Gasteiger partial charge is 0.346 e. The van der Waals surface area contributed by atoms with Crippen molar-refractivity contribution < 1.29 is 19.4 Å². The maximum atomic E-state index is 12.5. The number of benzene rings is 2. The molecule has 2 N–H and O–H groups in total. The van der Waals surface area contributed by atoms with Gasteiger partial charge in [-0.1, -0.05) is 24.3 Å². The Morgan fingerprint density at radius 2 is 1.86 bits per heavy atom. The third kappa shape index (κ3) is 3.63. The summed E-state index contributed by atoms with van der Waals surface area (Å²) in [5, 5.41) is 12.8. The van der Waals surface area contributed by atoms with E-state index >= 15 is 0 Å². The average Bonchev–Trinajstić information content (AvgIpc) is 3.13. The highest BCUT2D eigenvalue weighted by Gasteiger charge is 2.34. The van der Waals surface area contributed by atoms with Crippen LogP contribution in [-0.2, 0) is 4.79 Å². The van der Waals surface area contributed by atoms with Gasteiger partial charge in [0.05, 0.1) is 12.8 Å². The summed E-state index contributed by atoms with van der Waals surface area (Å²) in [7, 11) is 1.58. The van der Waals surface area contributed by atoms with Crippen molar-refractivity contribution in [1.82, 2.24) is 0 Å². The van der Waals surface area contributed by atoms with Gasteiger partial charge in [0.1, 0.15) is 10.6 Å². The maximum absolute atomic E-state index is 12.5. The molecular weight excluding hydrogens is 406 g/mol. The SMILES string of the molecule is COc1ccc(-c2c(C(=O)O)sc3c2NC(=O)CC3c2ccc(SC)cc2)cc1. The summed E-state index contributed by atoms with van der Waals surface area (Å²) in [6, 6.07) is 15.3. The second-order valence-electron chi connectivity index (χ2n) is 6.66. The fraction of sp³-hybridized carbons (Fsp3) is 0.182. The highest BCUT2D eigenvalue weighted by molar-refractivity contribution is 7.98. The van der Waals surface area contributed by atoms with Gasteiger partial charge in [-0.05, 0) is 41.6 Å². The molecule has 148 valence electrons. The molecule has 2 aromatic carbocycles. The number of amides is 1. The molecule has 1 atom stereocenters. The Labute approximate surface area is 176 Å². The summed E-state index contributed by atoms with van der Waals surface area (Å²) >= 11 is 2.90. The molecule has 1 unspecified atom stereocenters. The van der Waals surface area contributed by atoms with E-state index in [1.54, 1.807) is 31.0 Å². The minimum atomic E-state index is -0.999. The van der Waals surface area contributed by atoms with Crippen LogP contribution >= 0.6 is 23.1 Å². The number of aromatic carboxylic acids is 1. The van der Waals surface area contributed by atoms with Crippen LogP contribution in [0.4, 0.5) is 5.69 Å². The lowest BCUT2D eigenvalue weighted by Gasteiger charge is -2.24. The Kier molecular flexibility index (Phi) is 5.34. The van der Waals surface area contributed by atoms with E-state index in [2.05, 4.69) is 5.32 Å². The molecular formula is C22H19NO4S2. The van der Waals surface area contributed by atoms with E-state index in [1.165, 1.54) is 11.3 Å². The number of nitrogens with one attached hydrogen (secondary N) is 1. The van der Waals surface area contributed by atoms with Crippen LogP contribution < -0.4 is 10.1 Å². The van der Waals surface area contributed by atoms with Crippen LogP contribution in [0, 0.1) is 0 Å². The van der Waals surface area contributed by atoms with Crippen LogP contribution in [0.3, 0.4) is 0 Å². The highest BCUT2D eigenvalue weighted by Crippen LogP contribution is 2.49. The molecule has 0 saturated carbocycles. The average molecular weight is 426 g/mol. The van der Waals surface area contributed by atoms with E-state index in [4.69, 9.17) is 4.74 Å². The molecule has 0 bridgehead atoms. The fourth-order valence-corrected chi connectivity index (χ4v) is 5.23. The summed E-state index contributed by atoms with van der Waals surface area (Å²) in [6.45, 7) is 0. The number of ether oxygens (including phenoxy) is 1. The fourth-order valence-electron chi connectivity index (χ4n) is 3.58. The third-order valence-electron chi connectivity index (χ3n) is 5.00. The lowest BCUT2D eigenvalue weighted by atomic mass is 9.88. The zero-order chi connectivity index (χ0) is 20.5. The summed E-state index contributed by atoms with van der Waals surface area (Å²) in [5.41, 5.74) is 2.91. The van der Waals surface area contributed by atoms with E-state index < -0.39 is 5.97 Å². The van der Waals surface area contributed by atoms with E-state index in [9.17, 15) is 14.7 Å². The molecule has 1 aliphatic rings. The number of anilines is 1. The zero-order valence-corrected chi connectivity index (χ0v) is 17.5. The molecule has 0 fully saturated rings. The number of carboxylic acids is 1. The number of carbonyl (C=O) groups is 2. The van der Waals surface area contributed by atoms with Crippen LogP contribution in [0.15, 0.2) is 53.4 Å². The number of carbonyl (C=O) groups excluding carboxylic acids is 1. The first kappa shape index (κ1) is 19.5. The van der Waals surface area contributed by atoms with Gasteiger partial charge in [-0.15, -0.1) is 23.1 Å². The Bertz CT molecular complexity index is 1070. The third-order valence-corrected chi connectivity index (χ3v) is 7.03. The number of fused-ring (bicyclic) bond motifs is 1. The number of carboxylic acid groups (broad SMARTS) is 1. The molecule has 0 radical (unpaired) electrons. The Balaban J connectivity index is 1.87. The molecule has 1 aromatic heterocycles. The summed E-state index contributed by atoms with van der Waals surface area (Å²) in [4.78, 5) is 26.8. The number of hydrogen-bond donors (Lipinski definition) is 2. The molecule has 0 aliphatic carbocycles. The first-order valence-corrected chi connectivity index (χ1v) is 11.0. The van der Waals surface area contributed by atoms with Gasteiger partial charge in [-0.3, -0.25) is 4.79 Å². The van der Waals surface area contributed by atoms with Gasteiger partial charge >= 0.3 is 5.97 Å². The standard InChI is InChI=1S/C22H19NO4S2/c1-27-14-7-3-13(4-8-14)18-19-20(29-21(18)22(25)26)16(11-17(24)23-19)12-5-9-15(28-2)10-6-12/h3-10,16H,11H2,1-2H3,(H,23,24)(H,25,26). The van der Waals surface area contributed by atoms with Crippen LogP contribution in [0.1, 0.15) is 32.5 Å². The van der Waals surface area contributed by atoms with Crippen molar-refractivity contribution in [2.24, 2.45) is 0 Å². The molecule has 1 amide bonds. The molecule has 7 heteroatoms. The summed E-state index contributed by atoms with van der Waals surface area (Å²) in [5.74, 6) is -0.586. The molecule has 4 rings (SSSR count). The highest BCUT2D eigenvalue weighted by atomic mass is 32.2. The minimum absolute atomic E-state index is 0.110. The largest absolute Gasteiger partial charge is 0.497 e. The summed E-state index contributed by atoms with van der Waals surface area (Å²) in [6.07, 6.45) is 2.31. The Morgan fingerprint density at radius 1 is 1.17 bits per heavy atom. The van der Waals surface area contributed by atoms with Gasteiger partial charge in [-0.2, -0.15) is 0 Å². The molecule has 3 aromatic rings. The number of thiophene rings is 1. The van der Waals surface area contributed by atoms with Crippen molar-refractivity contribution in [1.29, 1.82) is 0 Å². The first-order chi connectivity index (χ1) is 14.0. The summed E-state index contributed by atoms with van der Waals surface area (Å²) < 4.78 is 5.20. The number of hydrogen-bond acceptors (Lipinski definition) is 5. The Morgan fingerprint density at radius 3 is 2.45 bits per heavy atom. The molecule has 0 saturated heterocycles.